The number of halogens is 2. The quantitative estimate of drug-likeness (QED) is 0.571. The molecule has 3 aromatic heterocycles. The van der Waals surface area contributed by atoms with E-state index in [-0.39, 0.29) is 24.7 Å². The number of methoxy groups -OCH3 is 1. The summed E-state index contributed by atoms with van der Waals surface area (Å²) in [6.07, 6.45) is 6.41. The zero-order chi connectivity index (χ0) is 20.3. The Kier molecular flexibility index (Phi) is 6.38. The first-order valence-corrected chi connectivity index (χ1v) is 9.56. The second-order valence-electron chi connectivity index (χ2n) is 6.13. The summed E-state index contributed by atoms with van der Waals surface area (Å²) < 4.78 is 6.06. The van der Waals surface area contributed by atoms with Crippen LogP contribution in [0.4, 0.5) is 5.82 Å². The van der Waals surface area contributed by atoms with Crippen molar-refractivity contribution in [2.45, 2.75) is 25.9 Å². The lowest BCUT2D eigenvalue weighted by Crippen LogP contribution is -2.13. The molecule has 0 aliphatic rings. The topological polar surface area (TPSA) is 109 Å². The highest BCUT2D eigenvalue weighted by atomic mass is 79.9. The summed E-state index contributed by atoms with van der Waals surface area (Å²) in [6.45, 7) is 1.89. The molecular weight excluding hydrogens is 448 g/mol. The number of hydrogen-bond acceptors (Lipinski definition) is 7. The fourth-order valence-electron chi connectivity index (χ4n) is 2.79. The average Bonchev–Trinajstić information content (AvgIpc) is 3.19. The fraction of sp³-hybridized carbons (Fsp3) is 0.278. The van der Waals surface area contributed by atoms with Gasteiger partial charge in [0.15, 0.2) is 5.82 Å². The van der Waals surface area contributed by atoms with E-state index < -0.39 is 0 Å². The molecule has 0 fully saturated rings. The van der Waals surface area contributed by atoms with Crippen LogP contribution in [0, 0.1) is 0 Å². The molecule has 1 unspecified atom stereocenters. The van der Waals surface area contributed by atoms with Crippen LogP contribution in [0.2, 0.25) is 5.02 Å². The number of ether oxygens (including phenoxy) is 1. The Morgan fingerprint density at radius 1 is 1.29 bits per heavy atom. The van der Waals surface area contributed by atoms with Crippen molar-refractivity contribution in [1.82, 2.24) is 25.0 Å². The minimum Gasteiger partial charge on any atom is -0.383 e. The molecule has 1 atom stereocenters. The van der Waals surface area contributed by atoms with Gasteiger partial charge in [-0.15, -0.1) is 4.80 Å². The highest BCUT2D eigenvalue weighted by Gasteiger charge is 2.19. The summed E-state index contributed by atoms with van der Waals surface area (Å²) >= 11 is 9.71. The predicted octanol–water partition coefficient (Wildman–Crippen LogP) is 3.12. The Labute approximate surface area is 175 Å². The van der Waals surface area contributed by atoms with Gasteiger partial charge in [0.05, 0.1) is 28.0 Å². The largest absolute Gasteiger partial charge is 0.383 e. The van der Waals surface area contributed by atoms with Crippen LogP contribution in [-0.2, 0) is 22.4 Å². The molecule has 0 bridgehead atoms. The number of hydrogen-bond donors (Lipinski definition) is 1. The third-order valence-corrected chi connectivity index (χ3v) is 5.31. The molecule has 8 nitrogen and oxygen atoms in total. The summed E-state index contributed by atoms with van der Waals surface area (Å²) in [5.74, 6) is 0.755. The van der Waals surface area contributed by atoms with Gasteiger partial charge in [-0.2, -0.15) is 10.2 Å². The average molecular weight is 466 g/mol. The lowest BCUT2D eigenvalue weighted by molar-refractivity contribution is -0.117. The predicted molar refractivity (Wildman–Crippen MR) is 108 cm³/mol. The van der Waals surface area contributed by atoms with Crippen molar-refractivity contribution in [3.8, 4) is 5.82 Å². The SMILES string of the molecule is COC(C)c1c(CC(=O)Cc2cnc(-n3nccn3)c(Cl)c2)cnc(N)c1Br. The monoisotopic (exact) mass is 464 g/mol. The van der Waals surface area contributed by atoms with Crippen molar-refractivity contribution in [3.63, 3.8) is 0 Å². The Morgan fingerprint density at radius 2 is 2.00 bits per heavy atom. The lowest BCUT2D eigenvalue weighted by atomic mass is 9.98. The molecule has 0 aliphatic carbocycles. The molecule has 0 amide bonds. The molecule has 0 radical (unpaired) electrons. The van der Waals surface area contributed by atoms with Crippen LogP contribution in [0.1, 0.15) is 29.7 Å². The first-order valence-electron chi connectivity index (χ1n) is 8.39. The van der Waals surface area contributed by atoms with Crippen LogP contribution in [-0.4, -0.2) is 37.9 Å². The van der Waals surface area contributed by atoms with Gasteiger partial charge in [-0.3, -0.25) is 4.79 Å². The van der Waals surface area contributed by atoms with Gasteiger partial charge in [0.25, 0.3) is 0 Å². The number of Topliss-reactive ketones (excluding diaryl/α,β-unsaturated/α-hetero) is 1. The molecule has 0 aliphatic heterocycles. The van der Waals surface area contributed by atoms with Crippen molar-refractivity contribution in [1.29, 1.82) is 0 Å². The number of anilines is 1. The van der Waals surface area contributed by atoms with Crippen molar-refractivity contribution >= 4 is 39.1 Å². The van der Waals surface area contributed by atoms with Crippen molar-refractivity contribution < 1.29 is 9.53 Å². The van der Waals surface area contributed by atoms with Crippen molar-refractivity contribution in [2.24, 2.45) is 0 Å². The molecule has 0 aromatic carbocycles. The lowest BCUT2D eigenvalue weighted by Gasteiger charge is -2.17. The van der Waals surface area contributed by atoms with Crippen LogP contribution in [0.3, 0.4) is 0 Å². The number of carbonyl (C=O) groups is 1. The molecule has 146 valence electrons. The molecule has 2 N–H and O–H groups in total. The number of carbonyl (C=O) groups excluding carboxylic acids is 1. The third kappa shape index (κ3) is 4.37. The van der Waals surface area contributed by atoms with E-state index in [1.807, 2.05) is 6.92 Å². The molecule has 3 heterocycles. The van der Waals surface area contributed by atoms with Gasteiger partial charge in [0.1, 0.15) is 11.6 Å². The zero-order valence-electron chi connectivity index (χ0n) is 15.3. The number of ketones is 1. The van der Waals surface area contributed by atoms with Crippen LogP contribution in [0.5, 0.6) is 0 Å². The van der Waals surface area contributed by atoms with E-state index in [4.69, 9.17) is 22.1 Å². The van der Waals surface area contributed by atoms with Crippen LogP contribution in [0.25, 0.3) is 5.82 Å². The van der Waals surface area contributed by atoms with Gasteiger partial charge in [0, 0.05) is 37.9 Å². The number of nitrogens with two attached hydrogens (primary N) is 1. The highest BCUT2D eigenvalue weighted by Crippen LogP contribution is 2.32. The first-order chi connectivity index (χ1) is 13.4. The summed E-state index contributed by atoms with van der Waals surface area (Å²) in [5, 5.41) is 8.37. The Morgan fingerprint density at radius 3 is 2.64 bits per heavy atom. The van der Waals surface area contributed by atoms with Crippen LogP contribution in [0.15, 0.2) is 35.3 Å². The van der Waals surface area contributed by atoms with Gasteiger partial charge in [0.2, 0.25) is 0 Å². The van der Waals surface area contributed by atoms with Crippen molar-refractivity contribution in [2.75, 3.05) is 12.8 Å². The van der Waals surface area contributed by atoms with Gasteiger partial charge >= 0.3 is 0 Å². The second-order valence-corrected chi connectivity index (χ2v) is 7.33. The summed E-state index contributed by atoms with van der Waals surface area (Å²) in [6, 6.07) is 1.70. The Balaban J connectivity index is 1.78. The van der Waals surface area contributed by atoms with E-state index in [2.05, 4.69) is 36.1 Å². The number of nitrogen functional groups attached to an aromatic ring is 1. The van der Waals surface area contributed by atoms with Gasteiger partial charge in [-0.05, 0) is 40.0 Å². The minimum atomic E-state index is -0.237. The van der Waals surface area contributed by atoms with E-state index in [9.17, 15) is 4.79 Å². The zero-order valence-corrected chi connectivity index (χ0v) is 17.6. The van der Waals surface area contributed by atoms with E-state index in [1.54, 1.807) is 25.6 Å². The first kappa shape index (κ1) is 20.4. The maximum atomic E-state index is 12.7. The molecule has 0 saturated carbocycles. The van der Waals surface area contributed by atoms with Crippen LogP contribution < -0.4 is 5.73 Å². The summed E-state index contributed by atoms with van der Waals surface area (Å²) in [7, 11) is 1.60. The molecule has 28 heavy (non-hydrogen) atoms. The third-order valence-electron chi connectivity index (χ3n) is 4.20. The van der Waals surface area contributed by atoms with E-state index in [1.165, 1.54) is 17.2 Å². The fourth-order valence-corrected chi connectivity index (χ4v) is 3.74. The summed E-state index contributed by atoms with van der Waals surface area (Å²) in [4.78, 5) is 22.4. The number of rotatable bonds is 7. The maximum Gasteiger partial charge on any atom is 0.193 e. The maximum absolute atomic E-state index is 12.7. The second kappa shape index (κ2) is 8.76. The minimum absolute atomic E-state index is 0.00847. The van der Waals surface area contributed by atoms with Gasteiger partial charge in [-0.25, -0.2) is 9.97 Å². The Hall–Kier alpha value is -2.36. The summed E-state index contributed by atoms with van der Waals surface area (Å²) in [5.41, 5.74) is 8.16. The molecule has 3 aromatic rings. The molecular formula is C18H18BrClN6O2. The number of aromatic nitrogens is 5. The Bertz CT molecular complexity index is 996. The van der Waals surface area contributed by atoms with Crippen LogP contribution >= 0.6 is 27.5 Å². The molecule has 0 spiro atoms. The van der Waals surface area contributed by atoms with E-state index in [0.29, 0.717) is 26.7 Å². The van der Waals surface area contributed by atoms with E-state index in [0.717, 1.165) is 11.1 Å². The molecule has 3 rings (SSSR count). The van der Waals surface area contributed by atoms with E-state index >= 15 is 0 Å². The van der Waals surface area contributed by atoms with Crippen molar-refractivity contribution in [3.05, 3.63) is 57.0 Å². The standard InChI is InChI=1S/C18H18BrClN6O2/c1-10(28-2)15-12(9-22-17(21)16(15)19)7-13(27)5-11-6-14(20)18(23-8-11)26-24-3-4-25-26/h3-4,6,8-10H,5,7H2,1-2H3,(H2,21,22). The molecule has 10 heteroatoms. The highest BCUT2D eigenvalue weighted by molar-refractivity contribution is 9.10. The number of pyridine rings is 2. The number of nitrogens with zero attached hydrogens (tertiary/aromatic N) is 5. The van der Waals surface area contributed by atoms with Gasteiger partial charge < -0.3 is 10.5 Å². The van der Waals surface area contributed by atoms with Gasteiger partial charge in [-0.1, -0.05) is 11.6 Å². The normalized spacial score (nSPS) is 12.1. The smallest absolute Gasteiger partial charge is 0.193 e. The molecule has 0 saturated heterocycles.